The maximum atomic E-state index is 12.0. The third-order valence-electron chi connectivity index (χ3n) is 3.27. The summed E-state index contributed by atoms with van der Waals surface area (Å²) in [7, 11) is 0. The molecule has 1 saturated heterocycles. The molecule has 3 N–H and O–H groups in total. The fraction of sp³-hybridized carbons (Fsp3) is 0.667. The molecule has 0 spiro atoms. The molecule has 5 heteroatoms. The van der Waals surface area contributed by atoms with Gasteiger partial charge in [-0.2, -0.15) is 0 Å². The Morgan fingerprint density at radius 3 is 3.12 bits per heavy atom. The van der Waals surface area contributed by atoms with Crippen molar-refractivity contribution in [1.29, 1.82) is 0 Å². The van der Waals surface area contributed by atoms with E-state index in [-0.39, 0.29) is 18.0 Å². The van der Waals surface area contributed by atoms with Crippen LogP contribution in [-0.2, 0) is 4.79 Å². The number of hydrogen-bond donors (Lipinski definition) is 3. The van der Waals surface area contributed by atoms with Crippen molar-refractivity contribution in [1.82, 2.24) is 20.6 Å². The highest BCUT2D eigenvalue weighted by molar-refractivity contribution is 5.82. The predicted molar refractivity (Wildman–Crippen MR) is 65.3 cm³/mol. The number of aromatic amines is 1. The molecule has 0 saturated carbocycles. The van der Waals surface area contributed by atoms with E-state index in [1.165, 1.54) is 0 Å². The summed E-state index contributed by atoms with van der Waals surface area (Å²) in [5, 5.41) is 6.23. The summed E-state index contributed by atoms with van der Waals surface area (Å²) in [6.07, 6.45) is 5.52. The minimum absolute atomic E-state index is 0.0591. The average Bonchev–Trinajstić information content (AvgIpc) is 2.82. The second-order valence-corrected chi connectivity index (χ2v) is 4.84. The molecule has 1 amide bonds. The maximum Gasteiger partial charge on any atom is 0.237 e. The Hall–Kier alpha value is -1.36. The molecule has 0 aliphatic carbocycles. The highest BCUT2D eigenvalue weighted by Gasteiger charge is 2.25. The first-order chi connectivity index (χ1) is 8.16. The number of nitrogens with zero attached hydrogens (tertiary/aromatic N) is 1. The highest BCUT2D eigenvalue weighted by Crippen LogP contribution is 2.16. The molecule has 1 aromatic rings. The van der Waals surface area contributed by atoms with Crippen LogP contribution >= 0.6 is 0 Å². The van der Waals surface area contributed by atoms with Crippen LogP contribution in [0.4, 0.5) is 0 Å². The van der Waals surface area contributed by atoms with Gasteiger partial charge in [-0.05, 0) is 32.2 Å². The molecule has 94 valence electrons. The number of aromatic nitrogens is 2. The Morgan fingerprint density at radius 1 is 1.65 bits per heavy atom. The first kappa shape index (κ1) is 12.1. The van der Waals surface area contributed by atoms with Gasteiger partial charge in [0, 0.05) is 12.4 Å². The third kappa shape index (κ3) is 3.06. The number of hydrogen-bond acceptors (Lipinski definition) is 3. The first-order valence-electron chi connectivity index (χ1n) is 6.20. The number of amides is 1. The van der Waals surface area contributed by atoms with E-state index in [1.807, 2.05) is 6.92 Å². The van der Waals surface area contributed by atoms with Crippen molar-refractivity contribution in [2.45, 2.75) is 38.8 Å². The minimum Gasteiger partial charge on any atom is -0.347 e. The van der Waals surface area contributed by atoms with E-state index < -0.39 is 0 Å². The number of nitrogens with one attached hydrogen (secondary N) is 3. The summed E-state index contributed by atoms with van der Waals surface area (Å²) in [5.74, 6) is 1.48. The molecule has 3 unspecified atom stereocenters. The van der Waals surface area contributed by atoms with E-state index >= 15 is 0 Å². The molecule has 1 aromatic heterocycles. The lowest BCUT2D eigenvalue weighted by Crippen LogP contribution is -2.48. The lowest BCUT2D eigenvalue weighted by molar-refractivity contribution is -0.124. The smallest absolute Gasteiger partial charge is 0.237 e. The van der Waals surface area contributed by atoms with Crippen molar-refractivity contribution in [2.75, 3.05) is 6.54 Å². The van der Waals surface area contributed by atoms with Crippen LogP contribution in [0.5, 0.6) is 0 Å². The zero-order valence-corrected chi connectivity index (χ0v) is 10.4. The average molecular weight is 236 g/mol. The summed E-state index contributed by atoms with van der Waals surface area (Å²) in [5.41, 5.74) is 0. The molecule has 17 heavy (non-hydrogen) atoms. The van der Waals surface area contributed by atoms with E-state index in [9.17, 15) is 4.79 Å². The van der Waals surface area contributed by atoms with Crippen LogP contribution in [0.25, 0.3) is 0 Å². The topological polar surface area (TPSA) is 69.8 Å². The van der Waals surface area contributed by atoms with Gasteiger partial charge < -0.3 is 15.6 Å². The van der Waals surface area contributed by atoms with Crippen LogP contribution in [-0.4, -0.2) is 28.5 Å². The van der Waals surface area contributed by atoms with Gasteiger partial charge in [0.1, 0.15) is 5.82 Å². The van der Waals surface area contributed by atoms with E-state index in [0.717, 1.165) is 25.2 Å². The molecule has 0 aromatic carbocycles. The number of rotatable bonds is 3. The summed E-state index contributed by atoms with van der Waals surface area (Å²) in [4.78, 5) is 19.2. The van der Waals surface area contributed by atoms with Crippen LogP contribution in [0.3, 0.4) is 0 Å². The van der Waals surface area contributed by atoms with E-state index in [4.69, 9.17) is 0 Å². The quantitative estimate of drug-likeness (QED) is 0.732. The van der Waals surface area contributed by atoms with Gasteiger partial charge in [0.15, 0.2) is 0 Å². The number of carbonyl (C=O) groups is 1. The highest BCUT2D eigenvalue weighted by atomic mass is 16.2. The Labute approximate surface area is 101 Å². The standard InChI is InChI=1S/C12H20N4O/c1-8-3-4-13-10(7-8)12(17)16-9(2)11-14-5-6-15-11/h5-6,8-10,13H,3-4,7H2,1-2H3,(H,14,15)(H,16,17). The van der Waals surface area contributed by atoms with Crippen molar-refractivity contribution < 1.29 is 4.79 Å². The molecular weight excluding hydrogens is 216 g/mol. The van der Waals surface area contributed by atoms with Gasteiger partial charge in [-0.15, -0.1) is 0 Å². The van der Waals surface area contributed by atoms with E-state index in [1.54, 1.807) is 12.4 Å². The Bertz CT molecular complexity index is 363. The summed E-state index contributed by atoms with van der Waals surface area (Å²) in [6.45, 7) is 5.05. The van der Waals surface area contributed by atoms with Crippen LogP contribution in [0.2, 0.25) is 0 Å². The first-order valence-corrected chi connectivity index (χ1v) is 6.20. The second-order valence-electron chi connectivity index (χ2n) is 4.84. The fourth-order valence-electron chi connectivity index (χ4n) is 2.20. The molecule has 5 nitrogen and oxygen atoms in total. The molecule has 0 radical (unpaired) electrons. The zero-order valence-electron chi connectivity index (χ0n) is 10.4. The van der Waals surface area contributed by atoms with Gasteiger partial charge >= 0.3 is 0 Å². The van der Waals surface area contributed by atoms with Crippen molar-refractivity contribution in [2.24, 2.45) is 5.92 Å². The van der Waals surface area contributed by atoms with Crippen molar-refractivity contribution in [3.8, 4) is 0 Å². The predicted octanol–water partition coefficient (Wildman–Crippen LogP) is 0.975. The second kappa shape index (κ2) is 5.31. The van der Waals surface area contributed by atoms with Gasteiger partial charge in [-0.25, -0.2) is 4.98 Å². The van der Waals surface area contributed by atoms with Gasteiger partial charge in [0.2, 0.25) is 5.91 Å². The maximum absolute atomic E-state index is 12.0. The minimum atomic E-state index is -0.0727. The largest absolute Gasteiger partial charge is 0.347 e. The van der Waals surface area contributed by atoms with Gasteiger partial charge in [-0.3, -0.25) is 4.79 Å². The third-order valence-corrected chi connectivity index (χ3v) is 3.27. The summed E-state index contributed by atoms with van der Waals surface area (Å²) < 4.78 is 0. The molecule has 0 bridgehead atoms. The molecule has 1 aliphatic heterocycles. The van der Waals surface area contributed by atoms with Gasteiger partial charge in [0.25, 0.3) is 0 Å². The molecule has 2 heterocycles. The lowest BCUT2D eigenvalue weighted by atomic mass is 9.94. The monoisotopic (exact) mass is 236 g/mol. The van der Waals surface area contributed by atoms with Crippen LogP contribution in [0.15, 0.2) is 12.4 Å². The molecular formula is C12H20N4O. The van der Waals surface area contributed by atoms with Crippen LogP contribution in [0.1, 0.15) is 38.6 Å². The molecule has 2 rings (SSSR count). The van der Waals surface area contributed by atoms with Crippen molar-refractivity contribution in [3.05, 3.63) is 18.2 Å². The summed E-state index contributed by atoms with van der Waals surface area (Å²) in [6, 6.07) is -0.132. The molecule has 1 fully saturated rings. The molecule has 3 atom stereocenters. The van der Waals surface area contributed by atoms with Crippen LogP contribution in [0, 0.1) is 5.92 Å². The number of H-pyrrole nitrogens is 1. The van der Waals surface area contributed by atoms with E-state index in [0.29, 0.717) is 5.92 Å². The van der Waals surface area contributed by atoms with Crippen molar-refractivity contribution >= 4 is 5.91 Å². The fourth-order valence-corrected chi connectivity index (χ4v) is 2.20. The summed E-state index contributed by atoms with van der Waals surface area (Å²) >= 11 is 0. The Balaban J connectivity index is 1.88. The number of carbonyl (C=O) groups excluding carboxylic acids is 1. The zero-order chi connectivity index (χ0) is 12.3. The Morgan fingerprint density at radius 2 is 2.47 bits per heavy atom. The van der Waals surface area contributed by atoms with Gasteiger partial charge in [0.05, 0.1) is 12.1 Å². The van der Waals surface area contributed by atoms with Crippen LogP contribution < -0.4 is 10.6 Å². The lowest BCUT2D eigenvalue weighted by Gasteiger charge is -2.28. The Kier molecular flexibility index (Phi) is 3.78. The molecule has 1 aliphatic rings. The number of piperidine rings is 1. The SMILES string of the molecule is CC1CCNC(C(=O)NC(C)c2ncc[nH]2)C1. The van der Waals surface area contributed by atoms with E-state index in [2.05, 4.69) is 27.5 Å². The van der Waals surface area contributed by atoms with Crippen molar-refractivity contribution in [3.63, 3.8) is 0 Å². The number of imidazole rings is 1. The van der Waals surface area contributed by atoms with Gasteiger partial charge in [-0.1, -0.05) is 6.92 Å². The normalized spacial score (nSPS) is 26.5.